The first kappa shape index (κ1) is 94.4. The Bertz CT molecular complexity index is 3630. The minimum atomic E-state index is -1.91. The largest absolute Gasteiger partial charge is 0.813 e. The fraction of sp³-hybridized carbons (Fsp3) is 0.143. The summed E-state index contributed by atoms with van der Waals surface area (Å²) in [6.07, 6.45) is 4.92. The molecule has 0 aliphatic heterocycles. The summed E-state index contributed by atoms with van der Waals surface area (Å²) < 4.78 is 17.4. The zero-order chi connectivity index (χ0) is 64.3. The summed E-state index contributed by atoms with van der Waals surface area (Å²) in [6, 6.07) is 106. The van der Waals surface area contributed by atoms with Crippen LogP contribution in [0.15, 0.2) is 312 Å². The van der Waals surface area contributed by atoms with Crippen LogP contribution in [0.2, 0.25) is 0 Å². The van der Waals surface area contributed by atoms with Crippen molar-refractivity contribution in [3.63, 3.8) is 0 Å². The maximum Gasteiger partial charge on any atom is 0.144 e. The van der Waals surface area contributed by atoms with Gasteiger partial charge >= 0.3 is 0 Å². The van der Waals surface area contributed by atoms with Crippen molar-refractivity contribution in [3.8, 4) is 17.2 Å². The Labute approximate surface area is 697 Å². The van der Waals surface area contributed by atoms with Gasteiger partial charge in [-0.3, -0.25) is 0 Å². The van der Waals surface area contributed by atoms with Crippen molar-refractivity contribution in [2.24, 2.45) is 0 Å². The molecule has 0 amide bonds. The maximum atomic E-state index is 5.80. The molecular weight excluding hydrogens is 1600 g/mol. The molecule has 0 atom stereocenters. The van der Waals surface area contributed by atoms with Crippen LogP contribution in [0.4, 0.5) is 0 Å². The van der Waals surface area contributed by atoms with Gasteiger partial charge in [0.25, 0.3) is 0 Å². The number of benzene rings is 12. The Morgan fingerprint density at radius 1 is 0.238 bits per heavy atom. The molecule has 0 spiro atoms. The van der Waals surface area contributed by atoms with E-state index < -0.39 is 14.5 Å². The quantitative estimate of drug-likeness (QED) is 0.0316. The van der Waals surface area contributed by atoms with Crippen LogP contribution in [0.3, 0.4) is 0 Å². The summed E-state index contributed by atoms with van der Waals surface area (Å²) >= 11 is 16.8. The zero-order valence-corrected chi connectivity index (χ0v) is 70.2. The van der Waals surface area contributed by atoms with E-state index in [-0.39, 0.29) is 136 Å². The Morgan fingerprint density at radius 3 is 0.535 bits per heavy atom. The average molecular weight is 1680 g/mol. The number of methoxy groups -OCH3 is 3. The van der Waals surface area contributed by atoms with Crippen LogP contribution in [0.1, 0.15) is 70.8 Å². The molecule has 101 heavy (non-hydrogen) atoms. The molecule has 12 aromatic rings. The van der Waals surface area contributed by atoms with Gasteiger partial charge in [0.05, 0.1) is 21.3 Å². The van der Waals surface area contributed by atoms with Gasteiger partial charge in [-0.15, -0.1) is 0 Å². The first-order valence-corrected chi connectivity index (χ1v) is 36.3. The molecule has 0 aliphatic rings. The van der Waals surface area contributed by atoms with Crippen molar-refractivity contribution < 1.29 is 82.5 Å². The fourth-order valence-corrected chi connectivity index (χ4v) is 22.4. The Hall–Kier alpha value is -4.61. The van der Waals surface area contributed by atoms with E-state index in [1.165, 1.54) is 75.8 Å². The summed E-state index contributed by atoms with van der Waals surface area (Å²) in [6.45, 7) is 6.77. The average Bonchev–Trinajstić information content (AvgIpc) is 0.743. The summed E-state index contributed by atoms with van der Waals surface area (Å²) in [7, 11) is 1.36. The smallest absolute Gasteiger partial charge is 0.144 e. The van der Waals surface area contributed by atoms with Crippen LogP contribution >= 0.6 is 14.5 Å². The SMILES string of the molecule is CCc1c(Cc2cc([S-])ccc2OC)c(CC)c(Cc2cc([S-])ccc2OC)c(CC)c1Cc1cc([S-])ccc1OC.[Fe].[Fe].[Fe].[Fe].[SH-].[SH-].[SH-].[SH-].[SH-].c1ccc([P+](c2ccccc2)(c2ccccc2)c2ccccc2)cc1.c1ccc([P+](c2ccccc2)(c2ccccc2)c2ccccc2)cc1. The summed E-state index contributed by atoms with van der Waals surface area (Å²) in [5, 5.41) is 11.1. The van der Waals surface area contributed by atoms with E-state index in [4.69, 9.17) is 52.1 Å². The molecule has 0 fully saturated rings. The van der Waals surface area contributed by atoms with Crippen LogP contribution in [0, 0.1) is 0 Å². The predicted octanol–water partition coefficient (Wildman–Crippen LogP) is 15.1. The minimum absolute atomic E-state index is 0. The van der Waals surface area contributed by atoms with Crippen molar-refractivity contribution in [3.05, 3.63) is 347 Å². The van der Waals surface area contributed by atoms with E-state index in [1.807, 2.05) is 36.4 Å². The second-order valence-electron chi connectivity index (χ2n) is 22.4. The van der Waals surface area contributed by atoms with Gasteiger partial charge in [-0.2, -0.15) is 14.7 Å². The summed E-state index contributed by atoms with van der Waals surface area (Å²) in [5.41, 5.74) is 11.5. The van der Waals surface area contributed by atoms with Crippen LogP contribution in [-0.2, 0) is 212 Å². The Kier molecular flexibility index (Phi) is 44.0. The van der Waals surface area contributed by atoms with Gasteiger partial charge in [-0.25, -0.2) is 0 Å². The molecule has 0 saturated carbocycles. The van der Waals surface area contributed by atoms with Crippen molar-refractivity contribution in [2.75, 3.05) is 21.3 Å². The topological polar surface area (TPSA) is 27.7 Å². The van der Waals surface area contributed by atoms with Crippen molar-refractivity contribution in [2.45, 2.75) is 74.0 Å². The third-order valence-electron chi connectivity index (χ3n) is 17.3. The number of ether oxygens (including phenoxy) is 3. The van der Waals surface area contributed by atoms with E-state index in [0.717, 1.165) is 87.2 Å². The number of hydrogen-bond donors (Lipinski definition) is 0. The molecule has 0 heterocycles. The van der Waals surface area contributed by atoms with Crippen LogP contribution < -0.4 is 56.6 Å². The molecule has 0 aromatic heterocycles. The first-order chi connectivity index (χ1) is 45.1. The molecule has 0 unspecified atom stereocenters. The minimum Gasteiger partial charge on any atom is -0.813 e. The molecule has 0 N–H and O–H groups in total. The maximum absolute atomic E-state index is 5.80. The Morgan fingerprint density at radius 2 is 0.396 bits per heavy atom. The number of thiol groups is 5. The molecule has 0 aliphatic carbocycles. The first-order valence-electron chi connectivity index (χ1n) is 31.5. The third-order valence-corrected chi connectivity index (χ3v) is 26.6. The van der Waals surface area contributed by atoms with Gasteiger partial charge in [-0.05, 0) is 185 Å². The van der Waals surface area contributed by atoms with Gasteiger partial charge in [-0.1, -0.05) is 203 Å². The predicted molar refractivity (Wildman–Crippen MR) is 445 cm³/mol. The molecule has 12 rings (SSSR count). The van der Waals surface area contributed by atoms with E-state index in [0.29, 0.717) is 0 Å². The van der Waals surface area contributed by atoms with Gasteiger partial charge < -0.3 is 120 Å². The van der Waals surface area contributed by atoms with Gasteiger partial charge in [0.15, 0.2) is 0 Å². The Balaban J connectivity index is 0.000000757. The second kappa shape index (κ2) is 47.1. The molecule has 0 saturated heterocycles. The number of hydrogen-bond acceptors (Lipinski definition) is 11. The molecule has 3 nitrogen and oxygen atoms in total. The molecule has 534 valence electrons. The molecule has 0 bridgehead atoms. The van der Waals surface area contributed by atoms with Crippen molar-refractivity contribution >= 4 is 162 Å². The normalized spacial score (nSPS) is 10.1. The molecular formula is C84H84Fe4O3P2S8-6. The summed E-state index contributed by atoms with van der Waals surface area (Å²) in [5.74, 6) is 2.57. The monoisotopic (exact) mass is 1680 g/mol. The van der Waals surface area contributed by atoms with Crippen LogP contribution in [-0.4, -0.2) is 21.3 Å². The third kappa shape index (κ3) is 22.0. The van der Waals surface area contributed by atoms with Crippen molar-refractivity contribution in [1.82, 2.24) is 0 Å². The molecule has 0 radical (unpaired) electrons. The second-order valence-corrected chi connectivity index (χ2v) is 30.6. The fourth-order valence-electron chi connectivity index (χ4n) is 13.3. The molecule has 17 heteroatoms. The van der Waals surface area contributed by atoms with Gasteiger partial charge in [0.1, 0.15) is 74.2 Å². The van der Waals surface area contributed by atoms with Crippen LogP contribution in [0.25, 0.3) is 0 Å². The van der Waals surface area contributed by atoms with E-state index in [1.54, 1.807) is 21.3 Å². The van der Waals surface area contributed by atoms with Crippen LogP contribution in [0.5, 0.6) is 17.2 Å². The van der Waals surface area contributed by atoms with E-state index in [2.05, 4.69) is 282 Å². The summed E-state index contributed by atoms with van der Waals surface area (Å²) in [4.78, 5) is 2.43. The van der Waals surface area contributed by atoms with Crippen molar-refractivity contribution in [1.29, 1.82) is 0 Å². The standard InChI is InChI=1S/C36H42O3S3.2C24H20P.4Fe.5H2S/c1-7-28-31(19-22-16-25(40)10-13-34(22)37-4)29(8-2)33(21-24-18-27(42)12-15-36(24)39-6)30(9-3)32(28)20-23-17-26(41)11-14-35(23)38-5;2*1-5-13-21(14-6-1)25(22-15-7-2-8-16-22,23-17-9-3-10-18-23)24-19-11-4-12-20-24;;;;;;;;;/h10-18,40-42H,7-9,19-21H2,1-6H3;2*1-20H;;;;;5*1H2/q;2*+1;;;;;;;;;/p-8. The van der Waals surface area contributed by atoms with Gasteiger partial charge in [0, 0.05) is 87.5 Å². The zero-order valence-electron chi connectivity index (χ0n) is 57.0. The van der Waals surface area contributed by atoms with E-state index in [9.17, 15) is 0 Å². The number of rotatable bonds is 20. The van der Waals surface area contributed by atoms with Gasteiger partial charge in [0.2, 0.25) is 0 Å². The molecule has 12 aromatic carbocycles. The van der Waals surface area contributed by atoms with E-state index >= 15 is 0 Å².